The van der Waals surface area contributed by atoms with Crippen LogP contribution in [-0.2, 0) is 9.53 Å². The van der Waals surface area contributed by atoms with Crippen molar-refractivity contribution in [2.24, 2.45) is 0 Å². The standard InChI is InChI=1S/C19H15F2NO4/c1-11(17-8-12-4-2-3-5-16(12)26-17)22-18(23)10-25-19(24)14-7-6-13(20)9-15(14)21/h2-9,11H,10H2,1H3,(H,22,23)/t11-/m1/s1. The van der Waals surface area contributed by atoms with E-state index in [-0.39, 0.29) is 0 Å². The van der Waals surface area contributed by atoms with Crippen LogP contribution in [0.3, 0.4) is 0 Å². The highest BCUT2D eigenvalue weighted by Gasteiger charge is 2.18. The van der Waals surface area contributed by atoms with E-state index in [0.717, 1.165) is 17.5 Å². The number of furan rings is 1. The Morgan fingerprint density at radius 1 is 1.15 bits per heavy atom. The van der Waals surface area contributed by atoms with Crippen molar-refractivity contribution >= 4 is 22.8 Å². The number of ether oxygens (including phenoxy) is 1. The molecular weight excluding hydrogens is 344 g/mol. The van der Waals surface area contributed by atoms with Gasteiger partial charge in [-0.05, 0) is 31.2 Å². The third-order valence-corrected chi connectivity index (χ3v) is 3.73. The number of para-hydroxylation sites is 1. The monoisotopic (exact) mass is 359 g/mol. The van der Waals surface area contributed by atoms with Gasteiger partial charge in [0.1, 0.15) is 23.0 Å². The Morgan fingerprint density at radius 2 is 1.92 bits per heavy atom. The lowest BCUT2D eigenvalue weighted by atomic mass is 10.2. The Morgan fingerprint density at radius 3 is 2.65 bits per heavy atom. The zero-order chi connectivity index (χ0) is 18.7. The lowest BCUT2D eigenvalue weighted by Gasteiger charge is -2.11. The van der Waals surface area contributed by atoms with Crippen LogP contribution >= 0.6 is 0 Å². The number of benzene rings is 2. The third-order valence-electron chi connectivity index (χ3n) is 3.73. The topological polar surface area (TPSA) is 68.5 Å². The van der Waals surface area contributed by atoms with Gasteiger partial charge in [0.05, 0.1) is 11.6 Å². The van der Waals surface area contributed by atoms with Crippen LogP contribution in [0, 0.1) is 11.6 Å². The fourth-order valence-electron chi connectivity index (χ4n) is 2.43. The summed E-state index contributed by atoms with van der Waals surface area (Å²) in [7, 11) is 0. The molecule has 0 saturated carbocycles. The van der Waals surface area contributed by atoms with Crippen molar-refractivity contribution in [2.45, 2.75) is 13.0 Å². The second kappa shape index (κ2) is 7.35. The molecule has 0 aliphatic carbocycles. The van der Waals surface area contributed by atoms with Crippen LogP contribution in [0.4, 0.5) is 8.78 Å². The van der Waals surface area contributed by atoms with E-state index < -0.39 is 41.7 Å². The lowest BCUT2D eigenvalue weighted by Crippen LogP contribution is -2.31. The molecule has 0 aliphatic heterocycles. The molecule has 3 rings (SSSR count). The summed E-state index contributed by atoms with van der Waals surface area (Å²) in [5, 5.41) is 3.53. The molecule has 3 aromatic rings. The summed E-state index contributed by atoms with van der Waals surface area (Å²) in [6.07, 6.45) is 0. The minimum atomic E-state index is -1.05. The molecule has 134 valence electrons. The number of fused-ring (bicyclic) bond motifs is 1. The van der Waals surface area contributed by atoms with Gasteiger partial charge in [-0.25, -0.2) is 13.6 Å². The van der Waals surface area contributed by atoms with Gasteiger partial charge < -0.3 is 14.5 Å². The van der Waals surface area contributed by atoms with Gasteiger partial charge in [-0.3, -0.25) is 4.79 Å². The maximum atomic E-state index is 13.5. The second-order valence-electron chi connectivity index (χ2n) is 5.68. The number of nitrogens with one attached hydrogen (secondary N) is 1. The van der Waals surface area contributed by atoms with Gasteiger partial charge in [0.15, 0.2) is 6.61 Å². The van der Waals surface area contributed by atoms with Crippen molar-refractivity contribution in [3.05, 3.63) is 71.5 Å². The van der Waals surface area contributed by atoms with Crippen LogP contribution in [0.2, 0.25) is 0 Å². The first-order chi connectivity index (χ1) is 12.4. The SMILES string of the molecule is C[C@@H](NC(=O)COC(=O)c1ccc(F)cc1F)c1cc2ccccc2o1. The lowest BCUT2D eigenvalue weighted by molar-refractivity contribution is -0.125. The normalized spacial score (nSPS) is 12.0. The zero-order valence-electron chi connectivity index (χ0n) is 13.8. The van der Waals surface area contributed by atoms with Crippen LogP contribution in [0.5, 0.6) is 0 Å². The molecule has 0 fully saturated rings. The summed E-state index contributed by atoms with van der Waals surface area (Å²) in [5.74, 6) is -2.93. The Hall–Kier alpha value is -3.22. The summed E-state index contributed by atoms with van der Waals surface area (Å²) in [5.41, 5.74) is 0.256. The van der Waals surface area contributed by atoms with Gasteiger partial charge in [0.25, 0.3) is 5.91 Å². The fraction of sp³-hybridized carbons (Fsp3) is 0.158. The highest BCUT2D eigenvalue weighted by Crippen LogP contribution is 2.23. The number of esters is 1. The molecule has 1 aromatic heterocycles. The van der Waals surface area contributed by atoms with Crippen molar-refractivity contribution in [2.75, 3.05) is 6.61 Å². The number of amides is 1. The van der Waals surface area contributed by atoms with Gasteiger partial charge in [-0.2, -0.15) is 0 Å². The van der Waals surface area contributed by atoms with E-state index in [2.05, 4.69) is 5.32 Å². The molecule has 26 heavy (non-hydrogen) atoms. The van der Waals surface area contributed by atoms with Crippen molar-refractivity contribution in [1.82, 2.24) is 5.32 Å². The van der Waals surface area contributed by atoms with Gasteiger partial charge >= 0.3 is 5.97 Å². The molecular formula is C19H15F2NO4. The molecule has 0 spiro atoms. The predicted molar refractivity (Wildman–Crippen MR) is 89.4 cm³/mol. The summed E-state index contributed by atoms with van der Waals surface area (Å²) in [6, 6.07) is 11.2. The third kappa shape index (κ3) is 3.88. The van der Waals surface area contributed by atoms with Crippen LogP contribution in [-0.4, -0.2) is 18.5 Å². The Kier molecular flexibility index (Phi) is 4.97. The zero-order valence-corrected chi connectivity index (χ0v) is 13.8. The molecule has 0 aliphatic rings. The fourth-order valence-corrected chi connectivity index (χ4v) is 2.43. The molecule has 0 saturated heterocycles. The predicted octanol–water partition coefficient (Wildman–Crippen LogP) is 3.75. The molecule has 1 N–H and O–H groups in total. The van der Waals surface area contributed by atoms with Gasteiger partial charge in [-0.15, -0.1) is 0 Å². The van der Waals surface area contributed by atoms with Crippen molar-refractivity contribution in [1.29, 1.82) is 0 Å². The number of carbonyl (C=O) groups excluding carboxylic acids is 2. The molecule has 1 amide bonds. The van der Waals surface area contributed by atoms with E-state index in [9.17, 15) is 18.4 Å². The summed E-state index contributed by atoms with van der Waals surface area (Å²) in [4.78, 5) is 23.7. The molecule has 0 radical (unpaired) electrons. The Bertz CT molecular complexity index is 934. The van der Waals surface area contributed by atoms with E-state index in [1.807, 2.05) is 24.3 Å². The van der Waals surface area contributed by atoms with E-state index in [0.29, 0.717) is 17.4 Å². The number of rotatable bonds is 5. The Labute approximate surface area is 147 Å². The minimum Gasteiger partial charge on any atom is -0.459 e. The number of hydrogen-bond donors (Lipinski definition) is 1. The van der Waals surface area contributed by atoms with E-state index in [4.69, 9.17) is 9.15 Å². The average molecular weight is 359 g/mol. The van der Waals surface area contributed by atoms with Crippen LogP contribution in [0.1, 0.15) is 29.1 Å². The molecule has 7 heteroatoms. The van der Waals surface area contributed by atoms with Crippen LogP contribution < -0.4 is 5.32 Å². The molecule has 1 atom stereocenters. The van der Waals surface area contributed by atoms with Crippen molar-refractivity contribution in [3.8, 4) is 0 Å². The molecule has 1 heterocycles. The van der Waals surface area contributed by atoms with Gasteiger partial charge in [0, 0.05) is 11.5 Å². The highest BCUT2D eigenvalue weighted by molar-refractivity contribution is 5.91. The molecule has 2 aromatic carbocycles. The van der Waals surface area contributed by atoms with Crippen LogP contribution in [0.25, 0.3) is 11.0 Å². The first-order valence-electron chi connectivity index (χ1n) is 7.84. The minimum absolute atomic E-state index is 0.440. The van der Waals surface area contributed by atoms with Gasteiger partial charge in [-0.1, -0.05) is 18.2 Å². The maximum absolute atomic E-state index is 13.5. The molecule has 0 bridgehead atoms. The molecule has 5 nitrogen and oxygen atoms in total. The number of halogens is 2. The summed E-state index contributed by atoms with van der Waals surface area (Å²) in [6.45, 7) is 1.12. The quantitative estimate of drug-likeness (QED) is 0.705. The van der Waals surface area contributed by atoms with E-state index in [1.165, 1.54) is 0 Å². The largest absolute Gasteiger partial charge is 0.459 e. The first-order valence-corrected chi connectivity index (χ1v) is 7.84. The highest BCUT2D eigenvalue weighted by atomic mass is 19.1. The van der Waals surface area contributed by atoms with Crippen molar-refractivity contribution < 1.29 is 27.5 Å². The van der Waals surface area contributed by atoms with E-state index >= 15 is 0 Å². The first kappa shape index (κ1) is 17.6. The maximum Gasteiger partial charge on any atom is 0.341 e. The van der Waals surface area contributed by atoms with E-state index in [1.54, 1.807) is 13.0 Å². The van der Waals surface area contributed by atoms with Crippen molar-refractivity contribution in [3.63, 3.8) is 0 Å². The number of carbonyl (C=O) groups is 2. The Balaban J connectivity index is 1.57. The average Bonchev–Trinajstić information content (AvgIpc) is 3.04. The number of hydrogen-bond acceptors (Lipinski definition) is 4. The van der Waals surface area contributed by atoms with Crippen LogP contribution in [0.15, 0.2) is 52.9 Å². The van der Waals surface area contributed by atoms with Gasteiger partial charge in [0.2, 0.25) is 0 Å². The second-order valence-corrected chi connectivity index (χ2v) is 5.68. The molecule has 0 unspecified atom stereocenters. The summed E-state index contributed by atoms with van der Waals surface area (Å²) >= 11 is 0. The smallest absolute Gasteiger partial charge is 0.341 e. The summed E-state index contributed by atoms with van der Waals surface area (Å²) < 4.78 is 36.8.